The molecule has 0 radical (unpaired) electrons. The zero-order chi connectivity index (χ0) is 14.2. The number of nitrogens with zero attached hydrogens (tertiary/aromatic N) is 2. The third kappa shape index (κ3) is 2.39. The number of halogens is 1. The van der Waals surface area contributed by atoms with Gasteiger partial charge in [0, 0.05) is 24.7 Å². The Hall–Kier alpha value is -1.24. The number of anilines is 1. The van der Waals surface area contributed by atoms with E-state index in [1.54, 1.807) is 6.07 Å². The Morgan fingerprint density at radius 3 is 2.95 bits per heavy atom. The van der Waals surface area contributed by atoms with E-state index in [2.05, 4.69) is 11.0 Å². The Morgan fingerprint density at radius 2 is 2.20 bits per heavy atom. The number of hydrogen-bond donors (Lipinski definition) is 1. The maximum absolute atomic E-state index is 10.7. The van der Waals surface area contributed by atoms with Gasteiger partial charge < -0.3 is 10.0 Å². The average molecular weight is 291 g/mol. The molecule has 3 rings (SSSR count). The van der Waals surface area contributed by atoms with Crippen molar-refractivity contribution in [1.29, 1.82) is 5.26 Å². The molecule has 2 unspecified atom stereocenters. The van der Waals surface area contributed by atoms with E-state index in [0.717, 1.165) is 44.5 Å². The van der Waals surface area contributed by atoms with Gasteiger partial charge >= 0.3 is 0 Å². The summed E-state index contributed by atoms with van der Waals surface area (Å²) in [4.78, 5) is 2.29. The van der Waals surface area contributed by atoms with Crippen molar-refractivity contribution >= 4 is 17.3 Å². The van der Waals surface area contributed by atoms with Crippen LogP contribution in [0.3, 0.4) is 0 Å². The smallest absolute Gasteiger partial charge is 0.101 e. The summed E-state index contributed by atoms with van der Waals surface area (Å²) in [5.74, 6) is 0.361. The molecule has 1 aromatic rings. The van der Waals surface area contributed by atoms with Crippen molar-refractivity contribution in [2.45, 2.75) is 37.7 Å². The highest BCUT2D eigenvalue weighted by molar-refractivity contribution is 6.32. The van der Waals surface area contributed by atoms with Crippen LogP contribution < -0.4 is 4.90 Å². The van der Waals surface area contributed by atoms with E-state index < -0.39 is 5.60 Å². The Bertz CT molecular complexity index is 554. The van der Waals surface area contributed by atoms with E-state index in [4.69, 9.17) is 16.9 Å². The SMILES string of the molecule is N#Cc1ccc(N2CCC3(O)CCCCC3C2)cc1Cl. The molecule has 1 aliphatic heterocycles. The monoisotopic (exact) mass is 290 g/mol. The number of benzene rings is 1. The van der Waals surface area contributed by atoms with Crippen molar-refractivity contribution in [3.63, 3.8) is 0 Å². The largest absolute Gasteiger partial charge is 0.389 e. The summed E-state index contributed by atoms with van der Waals surface area (Å²) in [6.07, 6.45) is 5.25. The molecule has 1 saturated carbocycles. The predicted octanol–water partition coefficient (Wildman–Crippen LogP) is 3.34. The molecular weight excluding hydrogens is 272 g/mol. The molecule has 0 bridgehead atoms. The molecule has 3 nitrogen and oxygen atoms in total. The minimum atomic E-state index is -0.453. The summed E-state index contributed by atoms with van der Waals surface area (Å²) >= 11 is 6.11. The molecule has 2 atom stereocenters. The van der Waals surface area contributed by atoms with Gasteiger partial charge in [0.15, 0.2) is 0 Å². The molecule has 1 heterocycles. The fourth-order valence-electron chi connectivity index (χ4n) is 3.60. The second-order valence-corrected chi connectivity index (χ2v) is 6.43. The molecule has 4 heteroatoms. The molecule has 0 amide bonds. The maximum Gasteiger partial charge on any atom is 0.101 e. The third-order valence-corrected chi connectivity index (χ3v) is 5.18. The third-order valence-electron chi connectivity index (χ3n) is 4.87. The Labute approximate surface area is 124 Å². The second kappa shape index (κ2) is 5.27. The summed E-state index contributed by atoms with van der Waals surface area (Å²) in [6, 6.07) is 7.69. The predicted molar refractivity (Wildman–Crippen MR) is 79.9 cm³/mol. The summed E-state index contributed by atoms with van der Waals surface area (Å²) in [5, 5.41) is 20.1. The normalized spacial score (nSPS) is 29.6. The van der Waals surface area contributed by atoms with E-state index in [1.165, 1.54) is 6.42 Å². The van der Waals surface area contributed by atoms with E-state index in [-0.39, 0.29) is 0 Å². The highest BCUT2D eigenvalue weighted by atomic mass is 35.5. The first-order valence-electron chi connectivity index (χ1n) is 7.29. The Balaban J connectivity index is 1.79. The zero-order valence-electron chi connectivity index (χ0n) is 11.5. The Morgan fingerprint density at radius 1 is 1.35 bits per heavy atom. The van der Waals surface area contributed by atoms with Gasteiger partial charge in [-0.05, 0) is 37.5 Å². The molecule has 0 aromatic heterocycles. The number of aliphatic hydroxyl groups is 1. The van der Waals surface area contributed by atoms with Gasteiger partial charge in [-0.15, -0.1) is 0 Å². The fraction of sp³-hybridized carbons (Fsp3) is 0.562. The summed E-state index contributed by atoms with van der Waals surface area (Å²) in [5.41, 5.74) is 1.12. The molecule has 2 aliphatic rings. The highest BCUT2D eigenvalue weighted by Gasteiger charge is 2.42. The summed E-state index contributed by atoms with van der Waals surface area (Å²) in [6.45, 7) is 1.74. The molecule has 1 aromatic carbocycles. The van der Waals surface area contributed by atoms with Crippen LogP contribution in [0.25, 0.3) is 0 Å². The van der Waals surface area contributed by atoms with Crippen LogP contribution in [-0.2, 0) is 0 Å². The highest BCUT2D eigenvalue weighted by Crippen LogP contribution is 2.41. The van der Waals surface area contributed by atoms with Crippen molar-refractivity contribution in [1.82, 2.24) is 0 Å². The quantitative estimate of drug-likeness (QED) is 0.863. The van der Waals surface area contributed by atoms with Gasteiger partial charge in [-0.25, -0.2) is 0 Å². The minimum Gasteiger partial charge on any atom is -0.389 e. The number of rotatable bonds is 1. The average Bonchev–Trinajstić information content (AvgIpc) is 2.46. The first-order chi connectivity index (χ1) is 9.62. The molecular formula is C16H19ClN2O. The molecule has 1 saturated heterocycles. The number of nitriles is 1. The first kappa shape index (κ1) is 13.7. The lowest BCUT2D eigenvalue weighted by Crippen LogP contribution is -2.53. The zero-order valence-corrected chi connectivity index (χ0v) is 12.2. The van der Waals surface area contributed by atoms with E-state index in [0.29, 0.717) is 16.5 Å². The minimum absolute atomic E-state index is 0.361. The van der Waals surface area contributed by atoms with Crippen molar-refractivity contribution in [2.24, 2.45) is 5.92 Å². The number of hydrogen-bond acceptors (Lipinski definition) is 3. The molecule has 1 N–H and O–H groups in total. The van der Waals surface area contributed by atoms with Gasteiger partial charge in [-0.3, -0.25) is 0 Å². The van der Waals surface area contributed by atoms with E-state index >= 15 is 0 Å². The van der Waals surface area contributed by atoms with Crippen LogP contribution in [0.1, 0.15) is 37.7 Å². The van der Waals surface area contributed by atoms with Crippen LogP contribution in [0.4, 0.5) is 5.69 Å². The summed E-state index contributed by atoms with van der Waals surface area (Å²) < 4.78 is 0. The van der Waals surface area contributed by atoms with Crippen molar-refractivity contribution in [3.8, 4) is 6.07 Å². The topological polar surface area (TPSA) is 47.3 Å². The van der Waals surface area contributed by atoms with Crippen LogP contribution in [0, 0.1) is 17.2 Å². The Kier molecular flexibility index (Phi) is 3.62. The van der Waals surface area contributed by atoms with Crippen LogP contribution in [0.2, 0.25) is 5.02 Å². The molecule has 106 valence electrons. The molecule has 2 fully saturated rings. The lowest BCUT2D eigenvalue weighted by molar-refractivity contribution is -0.0612. The van der Waals surface area contributed by atoms with Gasteiger partial charge in [0.05, 0.1) is 16.2 Å². The van der Waals surface area contributed by atoms with Crippen LogP contribution in [0.15, 0.2) is 18.2 Å². The lowest BCUT2D eigenvalue weighted by atomic mass is 9.71. The van der Waals surface area contributed by atoms with E-state index in [9.17, 15) is 5.11 Å². The van der Waals surface area contributed by atoms with E-state index in [1.807, 2.05) is 12.1 Å². The molecule has 1 aliphatic carbocycles. The number of piperidine rings is 1. The first-order valence-corrected chi connectivity index (χ1v) is 7.67. The van der Waals surface area contributed by atoms with Crippen molar-refractivity contribution in [2.75, 3.05) is 18.0 Å². The standard InChI is InChI=1S/C16H19ClN2O/c17-15-9-14(5-4-12(15)10-18)19-8-7-16(20)6-2-1-3-13(16)11-19/h4-5,9,13,20H,1-3,6-8,11H2. The fourth-order valence-corrected chi connectivity index (χ4v) is 3.81. The lowest BCUT2D eigenvalue weighted by Gasteiger charge is -2.48. The van der Waals surface area contributed by atoms with Gasteiger partial charge in [-0.2, -0.15) is 5.26 Å². The second-order valence-electron chi connectivity index (χ2n) is 6.02. The van der Waals surface area contributed by atoms with Crippen LogP contribution in [0.5, 0.6) is 0 Å². The van der Waals surface area contributed by atoms with Crippen molar-refractivity contribution < 1.29 is 5.11 Å². The maximum atomic E-state index is 10.7. The summed E-state index contributed by atoms with van der Waals surface area (Å²) in [7, 11) is 0. The van der Waals surface area contributed by atoms with Crippen LogP contribution >= 0.6 is 11.6 Å². The molecule has 20 heavy (non-hydrogen) atoms. The van der Waals surface area contributed by atoms with Gasteiger partial charge in [0.1, 0.15) is 6.07 Å². The molecule has 0 spiro atoms. The van der Waals surface area contributed by atoms with Crippen LogP contribution in [-0.4, -0.2) is 23.8 Å². The van der Waals surface area contributed by atoms with Crippen molar-refractivity contribution in [3.05, 3.63) is 28.8 Å². The van der Waals surface area contributed by atoms with Gasteiger partial charge in [0.25, 0.3) is 0 Å². The number of fused-ring (bicyclic) bond motifs is 1. The van der Waals surface area contributed by atoms with Gasteiger partial charge in [-0.1, -0.05) is 24.4 Å². The van der Waals surface area contributed by atoms with Gasteiger partial charge in [0.2, 0.25) is 0 Å².